The predicted molar refractivity (Wildman–Crippen MR) is 106 cm³/mol. The molecular weight excluding hydrogens is 366 g/mol. The summed E-state index contributed by atoms with van der Waals surface area (Å²) in [5.74, 6) is 0.718. The van der Waals surface area contributed by atoms with Crippen molar-refractivity contribution < 1.29 is 4.21 Å². The molecule has 2 aromatic heterocycles. The van der Waals surface area contributed by atoms with Gasteiger partial charge in [0.2, 0.25) is 5.95 Å². The number of hydrogen-bond donors (Lipinski definition) is 0. The van der Waals surface area contributed by atoms with Crippen LogP contribution in [0.5, 0.6) is 0 Å². The summed E-state index contributed by atoms with van der Waals surface area (Å²) in [6.07, 6.45) is 4.97. The lowest BCUT2D eigenvalue weighted by atomic mass is 10.1. The molecule has 0 radical (unpaired) electrons. The highest BCUT2D eigenvalue weighted by Crippen LogP contribution is 2.27. The second-order valence-electron chi connectivity index (χ2n) is 6.45. The summed E-state index contributed by atoms with van der Waals surface area (Å²) >= 11 is 1.68. The van der Waals surface area contributed by atoms with E-state index in [1.54, 1.807) is 30.0 Å². The van der Waals surface area contributed by atoms with Gasteiger partial charge in [0.05, 0.1) is 31.4 Å². The van der Waals surface area contributed by atoms with Crippen molar-refractivity contribution in [3.8, 4) is 0 Å². The van der Waals surface area contributed by atoms with E-state index in [-0.39, 0.29) is 0 Å². The van der Waals surface area contributed by atoms with Crippen LogP contribution in [0.25, 0.3) is 10.2 Å². The van der Waals surface area contributed by atoms with Gasteiger partial charge >= 0.3 is 0 Å². The summed E-state index contributed by atoms with van der Waals surface area (Å²) in [5.41, 5.74) is 4.29. The molecule has 1 aromatic carbocycles. The molecule has 6 nitrogen and oxygen atoms in total. The SMILES string of the molecule is CC(c1ccc2scnc2c1)N1CCN(c2ncc(S(C)=O)cn2)CC1. The number of hydrogen-bond acceptors (Lipinski definition) is 7. The number of anilines is 1. The molecule has 0 spiro atoms. The molecule has 0 bridgehead atoms. The summed E-state index contributed by atoms with van der Waals surface area (Å²) < 4.78 is 12.7. The van der Waals surface area contributed by atoms with Crippen molar-refractivity contribution in [2.75, 3.05) is 37.3 Å². The first-order valence-corrected chi connectivity index (χ1v) is 11.0. The predicted octanol–water partition coefficient (Wildman–Crippen LogP) is 2.71. The molecule has 4 rings (SSSR count). The van der Waals surface area contributed by atoms with Gasteiger partial charge in [-0.1, -0.05) is 6.07 Å². The maximum atomic E-state index is 11.5. The maximum absolute atomic E-state index is 11.5. The van der Waals surface area contributed by atoms with Gasteiger partial charge in [-0.05, 0) is 24.6 Å². The highest BCUT2D eigenvalue weighted by atomic mass is 32.2. The van der Waals surface area contributed by atoms with Crippen LogP contribution in [-0.4, -0.2) is 56.5 Å². The number of rotatable bonds is 4. The Morgan fingerprint density at radius 1 is 1.12 bits per heavy atom. The van der Waals surface area contributed by atoms with E-state index in [1.807, 2.05) is 5.51 Å². The van der Waals surface area contributed by atoms with Crippen LogP contribution in [0, 0.1) is 0 Å². The average Bonchev–Trinajstić information content (AvgIpc) is 3.15. The third kappa shape index (κ3) is 3.49. The number of fused-ring (bicyclic) bond motifs is 1. The van der Waals surface area contributed by atoms with Crippen LogP contribution in [0.2, 0.25) is 0 Å². The zero-order valence-corrected chi connectivity index (χ0v) is 16.5. The van der Waals surface area contributed by atoms with Crippen molar-refractivity contribution >= 4 is 38.3 Å². The van der Waals surface area contributed by atoms with Crippen LogP contribution < -0.4 is 4.90 Å². The summed E-state index contributed by atoms with van der Waals surface area (Å²) in [6, 6.07) is 6.94. The van der Waals surface area contributed by atoms with Gasteiger partial charge in [-0.3, -0.25) is 9.11 Å². The zero-order valence-electron chi connectivity index (χ0n) is 14.8. The Morgan fingerprint density at radius 3 is 2.54 bits per heavy atom. The maximum Gasteiger partial charge on any atom is 0.225 e. The molecule has 3 heterocycles. The molecule has 3 aromatic rings. The molecule has 0 amide bonds. The van der Waals surface area contributed by atoms with E-state index in [2.05, 4.69) is 49.9 Å². The smallest absolute Gasteiger partial charge is 0.225 e. The molecule has 1 aliphatic heterocycles. The summed E-state index contributed by atoms with van der Waals surface area (Å²) in [5, 5.41) is 0. The molecule has 0 saturated carbocycles. The summed E-state index contributed by atoms with van der Waals surface area (Å²) in [7, 11) is -1.04. The molecular formula is C18H21N5OS2. The largest absolute Gasteiger partial charge is 0.338 e. The lowest BCUT2D eigenvalue weighted by molar-refractivity contribution is 0.198. The molecule has 26 heavy (non-hydrogen) atoms. The van der Waals surface area contributed by atoms with Gasteiger partial charge in [-0.25, -0.2) is 15.0 Å². The number of thiazole rings is 1. The van der Waals surface area contributed by atoms with Crippen LogP contribution in [0.15, 0.2) is 41.0 Å². The average molecular weight is 388 g/mol. The van der Waals surface area contributed by atoms with Crippen LogP contribution in [0.1, 0.15) is 18.5 Å². The molecule has 136 valence electrons. The Balaban J connectivity index is 1.41. The Bertz CT molecular complexity index is 919. The van der Waals surface area contributed by atoms with Crippen molar-refractivity contribution in [1.82, 2.24) is 19.9 Å². The van der Waals surface area contributed by atoms with Crippen molar-refractivity contribution in [3.05, 3.63) is 41.7 Å². The van der Waals surface area contributed by atoms with Crippen LogP contribution in [0.4, 0.5) is 5.95 Å². The lowest BCUT2D eigenvalue weighted by Gasteiger charge is -2.38. The van der Waals surface area contributed by atoms with Gasteiger partial charge in [0.25, 0.3) is 0 Å². The van der Waals surface area contributed by atoms with Crippen molar-refractivity contribution in [3.63, 3.8) is 0 Å². The first-order valence-electron chi connectivity index (χ1n) is 8.59. The Hall–Kier alpha value is -1.90. The van der Waals surface area contributed by atoms with Gasteiger partial charge < -0.3 is 4.90 Å². The minimum Gasteiger partial charge on any atom is -0.338 e. The van der Waals surface area contributed by atoms with E-state index >= 15 is 0 Å². The normalized spacial score (nSPS) is 18.2. The highest BCUT2D eigenvalue weighted by Gasteiger charge is 2.23. The quantitative estimate of drug-likeness (QED) is 0.686. The van der Waals surface area contributed by atoms with Crippen molar-refractivity contribution in [2.24, 2.45) is 0 Å². The number of benzene rings is 1. The van der Waals surface area contributed by atoms with E-state index in [4.69, 9.17) is 0 Å². The first kappa shape index (κ1) is 17.5. The number of nitrogens with zero attached hydrogens (tertiary/aromatic N) is 5. The van der Waals surface area contributed by atoms with Crippen LogP contribution in [-0.2, 0) is 10.8 Å². The first-order chi connectivity index (χ1) is 12.6. The molecule has 1 saturated heterocycles. The topological polar surface area (TPSA) is 62.2 Å². The fourth-order valence-corrected chi connectivity index (χ4v) is 4.34. The molecule has 2 atom stereocenters. The van der Waals surface area contributed by atoms with Crippen molar-refractivity contribution in [1.29, 1.82) is 0 Å². The second kappa shape index (κ2) is 7.38. The van der Waals surface area contributed by atoms with E-state index in [9.17, 15) is 4.21 Å². The minimum absolute atomic E-state index is 0.356. The summed E-state index contributed by atoms with van der Waals surface area (Å²) in [4.78, 5) is 18.5. The molecule has 1 aliphatic rings. The second-order valence-corrected chi connectivity index (χ2v) is 8.72. The lowest BCUT2D eigenvalue weighted by Crippen LogP contribution is -2.47. The molecule has 0 N–H and O–H groups in total. The molecule has 1 fully saturated rings. The van der Waals surface area contributed by atoms with Gasteiger partial charge in [0.15, 0.2) is 0 Å². The number of aromatic nitrogens is 3. The fraction of sp³-hybridized carbons (Fsp3) is 0.389. The van der Waals surface area contributed by atoms with Gasteiger partial charge in [0.1, 0.15) is 0 Å². The number of piperazine rings is 1. The highest BCUT2D eigenvalue weighted by molar-refractivity contribution is 7.84. The third-order valence-corrected chi connectivity index (χ3v) is 6.61. The Morgan fingerprint density at radius 2 is 1.85 bits per heavy atom. The Labute approximate surface area is 159 Å². The fourth-order valence-electron chi connectivity index (χ4n) is 3.28. The zero-order chi connectivity index (χ0) is 18.1. The van der Waals surface area contributed by atoms with Crippen LogP contribution >= 0.6 is 11.3 Å². The van der Waals surface area contributed by atoms with E-state index < -0.39 is 10.8 Å². The molecule has 0 aliphatic carbocycles. The Kier molecular flexibility index (Phi) is 4.97. The molecule has 2 unspecified atom stereocenters. The van der Waals surface area contributed by atoms with Gasteiger partial charge in [0, 0.05) is 50.9 Å². The van der Waals surface area contributed by atoms with Gasteiger partial charge in [-0.15, -0.1) is 11.3 Å². The molecule has 8 heteroatoms. The van der Waals surface area contributed by atoms with Crippen LogP contribution in [0.3, 0.4) is 0 Å². The summed E-state index contributed by atoms with van der Waals surface area (Å²) in [6.45, 7) is 5.95. The van der Waals surface area contributed by atoms with Gasteiger partial charge in [-0.2, -0.15) is 0 Å². The monoisotopic (exact) mass is 387 g/mol. The van der Waals surface area contributed by atoms with Crippen molar-refractivity contribution in [2.45, 2.75) is 17.9 Å². The minimum atomic E-state index is -1.04. The van der Waals surface area contributed by atoms with E-state index in [0.29, 0.717) is 10.9 Å². The standard InChI is InChI=1S/C18H21N5OS2/c1-13(14-3-4-17-16(9-14)21-12-25-17)22-5-7-23(8-6-22)18-19-10-15(11-20-18)26(2)24/h3-4,9-13H,5-8H2,1-2H3. The van der Waals surface area contributed by atoms with E-state index in [0.717, 1.165) is 37.6 Å². The van der Waals surface area contributed by atoms with E-state index in [1.165, 1.54) is 10.3 Å². The third-order valence-electron chi connectivity index (χ3n) is 4.93.